The number of hydrogen-bond donors (Lipinski definition) is 1. The second-order valence-electron chi connectivity index (χ2n) is 2.79. The van der Waals surface area contributed by atoms with Gasteiger partial charge in [0, 0.05) is 19.8 Å². The van der Waals surface area contributed by atoms with Gasteiger partial charge in [-0.15, -0.1) is 0 Å². The first-order valence-electron chi connectivity index (χ1n) is 5.37. The maximum Gasteiger partial charge on any atom is 0.679 e. The van der Waals surface area contributed by atoms with Crippen molar-refractivity contribution in [3.8, 4) is 0 Å². The van der Waals surface area contributed by atoms with Gasteiger partial charge in [0.2, 0.25) is 0 Å². The maximum absolute atomic E-state index is 10.4. The molecule has 0 bridgehead atoms. The molecule has 0 saturated heterocycles. The van der Waals surface area contributed by atoms with Crippen LogP contribution in [-0.2, 0) is 22.5 Å². The molecule has 0 aromatic carbocycles. The van der Waals surface area contributed by atoms with Crippen molar-refractivity contribution < 1.29 is 27.6 Å². The number of carboxylic acids is 1. The van der Waals surface area contributed by atoms with Gasteiger partial charge in [0.15, 0.2) is 0 Å². The normalized spacial score (nSPS) is 11.7. The summed E-state index contributed by atoms with van der Waals surface area (Å²) in [5.41, 5.74) is 0. The third-order valence-corrected chi connectivity index (χ3v) is 4.04. The van der Waals surface area contributed by atoms with Gasteiger partial charge in [-0.05, 0) is 20.8 Å². The molecule has 7 heteroatoms. The van der Waals surface area contributed by atoms with Gasteiger partial charge in [-0.25, -0.2) is 0 Å². The smallest absolute Gasteiger partial charge is 0.481 e. The summed E-state index contributed by atoms with van der Waals surface area (Å²) in [4.78, 5) is 10.4. The van der Waals surface area contributed by atoms with Gasteiger partial charge in [0.1, 0.15) is 0 Å². The van der Waals surface area contributed by atoms with E-state index >= 15 is 0 Å². The fourth-order valence-corrected chi connectivity index (χ4v) is 2.96. The van der Waals surface area contributed by atoms with Crippen LogP contribution in [0.1, 0.15) is 27.2 Å². The minimum atomic E-state index is -3.13. The highest BCUT2D eigenvalue weighted by Crippen LogP contribution is 2.12. The maximum atomic E-state index is 10.4. The molecule has 16 heavy (non-hydrogen) atoms. The third-order valence-electron chi connectivity index (χ3n) is 1.56. The Hall–Kier alpha value is -0.473. The molecule has 96 valence electrons. The highest BCUT2D eigenvalue weighted by Gasteiger charge is 2.44. The van der Waals surface area contributed by atoms with E-state index in [1.807, 2.05) is 0 Å². The van der Waals surface area contributed by atoms with Crippen molar-refractivity contribution in [3.63, 3.8) is 0 Å². The number of rotatable bonds is 10. The van der Waals surface area contributed by atoms with E-state index in [9.17, 15) is 4.79 Å². The second-order valence-corrected chi connectivity index (χ2v) is 4.95. The highest BCUT2D eigenvalue weighted by atomic mass is 28.4. The fourth-order valence-electron chi connectivity index (χ4n) is 1.04. The summed E-state index contributed by atoms with van der Waals surface area (Å²) < 4.78 is 21.5. The average Bonchev–Trinajstić information content (AvgIpc) is 2.18. The molecular weight excluding hydrogens is 232 g/mol. The molecule has 0 aromatic rings. The first-order valence-corrected chi connectivity index (χ1v) is 7.01. The molecule has 0 saturated carbocycles. The summed E-state index contributed by atoms with van der Waals surface area (Å²) in [5, 5.41) is 8.51. The number of aliphatic carboxylic acids is 1. The second kappa shape index (κ2) is 8.65. The van der Waals surface area contributed by atoms with E-state index in [2.05, 4.69) is 0 Å². The Balaban J connectivity index is 4.28. The van der Waals surface area contributed by atoms with Gasteiger partial charge < -0.3 is 22.8 Å². The molecule has 0 rings (SSSR count). The van der Waals surface area contributed by atoms with Crippen LogP contribution in [0.5, 0.6) is 0 Å². The molecule has 6 nitrogen and oxygen atoms in total. The van der Waals surface area contributed by atoms with E-state index in [1.165, 1.54) is 0 Å². The molecular formula is C9H20O6Si. The van der Waals surface area contributed by atoms with Crippen molar-refractivity contribution in [2.24, 2.45) is 0 Å². The molecule has 0 heterocycles. The molecule has 1 N–H and O–H groups in total. The Kier molecular flexibility index (Phi) is 8.40. The number of hydrogen-bond acceptors (Lipinski definition) is 5. The predicted octanol–water partition coefficient (Wildman–Crippen LogP) is 1.02. The molecule has 0 atom stereocenters. The topological polar surface area (TPSA) is 74.2 Å². The minimum Gasteiger partial charge on any atom is -0.481 e. The third kappa shape index (κ3) is 6.18. The summed E-state index contributed by atoms with van der Waals surface area (Å²) >= 11 is 0. The van der Waals surface area contributed by atoms with E-state index in [-0.39, 0.29) is 13.0 Å². The van der Waals surface area contributed by atoms with Gasteiger partial charge in [-0.2, -0.15) is 0 Å². The van der Waals surface area contributed by atoms with Crippen LogP contribution in [0.2, 0.25) is 0 Å². The van der Waals surface area contributed by atoms with Crippen LogP contribution in [0.4, 0.5) is 0 Å². The molecule has 0 aliphatic heterocycles. The van der Waals surface area contributed by atoms with E-state index in [4.69, 9.17) is 22.8 Å². The number of carbonyl (C=O) groups is 1. The number of carboxylic acid groups (broad SMARTS) is 1. The highest BCUT2D eigenvalue weighted by molar-refractivity contribution is 6.53. The monoisotopic (exact) mass is 252 g/mol. The lowest BCUT2D eigenvalue weighted by Crippen LogP contribution is -2.49. The van der Waals surface area contributed by atoms with Crippen molar-refractivity contribution in [1.29, 1.82) is 0 Å². The van der Waals surface area contributed by atoms with Crippen molar-refractivity contribution >= 4 is 15.0 Å². The minimum absolute atomic E-state index is 0.0293. The summed E-state index contributed by atoms with van der Waals surface area (Å²) in [7, 11) is -3.13. The summed E-state index contributed by atoms with van der Waals surface area (Å²) in [6.45, 7) is 6.65. The fraction of sp³-hybridized carbons (Fsp3) is 0.889. The van der Waals surface area contributed by atoms with Crippen molar-refractivity contribution in [1.82, 2.24) is 0 Å². The zero-order valence-corrected chi connectivity index (χ0v) is 11.0. The Bertz CT molecular complexity index is 181. The zero-order valence-electron chi connectivity index (χ0n) is 10.0. The Labute approximate surface area is 96.9 Å². The Morgan fingerprint density at radius 1 is 1.00 bits per heavy atom. The van der Waals surface area contributed by atoms with Crippen LogP contribution in [0.3, 0.4) is 0 Å². The Morgan fingerprint density at radius 3 is 1.75 bits per heavy atom. The summed E-state index contributed by atoms with van der Waals surface area (Å²) in [6.07, 6.45) is -0.0953. The van der Waals surface area contributed by atoms with Gasteiger partial charge in [0.25, 0.3) is 0 Å². The predicted molar refractivity (Wildman–Crippen MR) is 58.8 cm³/mol. The van der Waals surface area contributed by atoms with Gasteiger partial charge in [-0.1, -0.05) is 0 Å². The van der Waals surface area contributed by atoms with Crippen molar-refractivity contribution in [2.75, 3.05) is 26.4 Å². The lowest BCUT2D eigenvalue weighted by Gasteiger charge is -2.26. The van der Waals surface area contributed by atoms with Crippen LogP contribution >= 0.6 is 0 Å². The molecule has 0 aromatic heterocycles. The van der Waals surface area contributed by atoms with E-state index in [0.717, 1.165) is 0 Å². The van der Waals surface area contributed by atoms with Crippen LogP contribution in [-0.4, -0.2) is 46.6 Å². The van der Waals surface area contributed by atoms with Gasteiger partial charge in [-0.3, -0.25) is 4.79 Å². The van der Waals surface area contributed by atoms with Crippen LogP contribution in [0.15, 0.2) is 0 Å². The van der Waals surface area contributed by atoms with Crippen molar-refractivity contribution in [2.45, 2.75) is 27.2 Å². The Morgan fingerprint density at radius 2 is 1.44 bits per heavy atom. The van der Waals surface area contributed by atoms with Crippen LogP contribution in [0.25, 0.3) is 0 Å². The molecule has 0 amide bonds. The van der Waals surface area contributed by atoms with Crippen molar-refractivity contribution in [3.05, 3.63) is 0 Å². The van der Waals surface area contributed by atoms with E-state index in [1.54, 1.807) is 20.8 Å². The van der Waals surface area contributed by atoms with Gasteiger partial charge >= 0.3 is 15.0 Å². The molecule has 0 radical (unpaired) electrons. The molecule has 0 aliphatic carbocycles. The molecule has 0 aliphatic rings. The van der Waals surface area contributed by atoms with Gasteiger partial charge in [0.05, 0.1) is 13.0 Å². The summed E-state index contributed by atoms with van der Waals surface area (Å²) in [5.74, 6) is -0.924. The molecule has 0 fully saturated rings. The SMILES string of the molecule is CCO[Si](OCC)(OCC)OCCC(=O)O. The average molecular weight is 252 g/mol. The standard InChI is InChI=1S/C9H20O6Si/c1-4-12-16(13-5-2,14-6-3)15-8-7-9(10)11/h4-8H2,1-3H3,(H,10,11). The van der Waals surface area contributed by atoms with E-state index in [0.29, 0.717) is 19.8 Å². The summed E-state index contributed by atoms with van der Waals surface area (Å²) in [6, 6.07) is 0. The zero-order chi connectivity index (χ0) is 12.4. The largest absolute Gasteiger partial charge is 0.679 e. The molecule has 0 unspecified atom stereocenters. The van der Waals surface area contributed by atoms with Crippen LogP contribution < -0.4 is 0 Å². The van der Waals surface area contributed by atoms with Crippen LogP contribution in [0, 0.1) is 0 Å². The van der Waals surface area contributed by atoms with E-state index < -0.39 is 15.0 Å². The lowest BCUT2D eigenvalue weighted by atomic mass is 10.5. The lowest BCUT2D eigenvalue weighted by molar-refractivity contribution is -0.138. The quantitative estimate of drug-likeness (QED) is 0.585. The first kappa shape index (κ1) is 15.5. The first-order chi connectivity index (χ1) is 7.60. The molecule has 0 spiro atoms.